The molecule has 2 saturated heterocycles. The van der Waals surface area contributed by atoms with E-state index in [9.17, 15) is 4.79 Å². The molecular formula is C15H23N5O. The van der Waals surface area contributed by atoms with E-state index in [0.717, 1.165) is 55.6 Å². The van der Waals surface area contributed by atoms with Gasteiger partial charge in [-0.2, -0.15) is 0 Å². The van der Waals surface area contributed by atoms with Crippen LogP contribution >= 0.6 is 0 Å². The van der Waals surface area contributed by atoms with Gasteiger partial charge in [0.05, 0.1) is 0 Å². The highest BCUT2D eigenvalue weighted by molar-refractivity contribution is 5.79. The van der Waals surface area contributed by atoms with Crippen LogP contribution in [0.1, 0.15) is 31.2 Å². The SMILES string of the molecule is CCNc1nc(C)nc(N2CCN3C(=O)CCC3C2)c1C. The van der Waals surface area contributed by atoms with E-state index in [-0.39, 0.29) is 0 Å². The summed E-state index contributed by atoms with van der Waals surface area (Å²) in [6, 6.07) is 0.350. The Bertz CT molecular complexity index is 559. The van der Waals surface area contributed by atoms with Crippen molar-refractivity contribution >= 4 is 17.5 Å². The first-order chi connectivity index (χ1) is 10.1. The molecule has 6 nitrogen and oxygen atoms in total. The standard InChI is InChI=1S/C15H23N5O/c1-4-16-14-10(2)15(18-11(3)17-14)19-7-8-20-12(9-19)5-6-13(20)21/h12H,4-9H2,1-3H3,(H,16,17,18). The van der Waals surface area contributed by atoms with Crippen molar-refractivity contribution in [2.45, 2.75) is 39.7 Å². The van der Waals surface area contributed by atoms with Crippen LogP contribution in [0.25, 0.3) is 0 Å². The summed E-state index contributed by atoms with van der Waals surface area (Å²) >= 11 is 0. The minimum absolute atomic E-state index is 0.309. The van der Waals surface area contributed by atoms with E-state index in [0.29, 0.717) is 18.4 Å². The maximum atomic E-state index is 11.8. The van der Waals surface area contributed by atoms with E-state index >= 15 is 0 Å². The third-order valence-electron chi connectivity index (χ3n) is 4.37. The molecule has 0 aromatic carbocycles. The maximum absolute atomic E-state index is 11.8. The second-order valence-corrected chi connectivity index (χ2v) is 5.82. The fraction of sp³-hybridized carbons (Fsp3) is 0.667. The number of piperazine rings is 1. The molecule has 1 unspecified atom stereocenters. The Hall–Kier alpha value is -1.85. The largest absolute Gasteiger partial charge is 0.370 e. The average Bonchev–Trinajstić information content (AvgIpc) is 2.84. The van der Waals surface area contributed by atoms with Gasteiger partial charge in [0.2, 0.25) is 5.91 Å². The summed E-state index contributed by atoms with van der Waals surface area (Å²) in [7, 11) is 0. The monoisotopic (exact) mass is 289 g/mol. The normalized spacial score (nSPS) is 21.7. The van der Waals surface area contributed by atoms with Gasteiger partial charge in [0.25, 0.3) is 0 Å². The number of nitrogens with one attached hydrogen (secondary N) is 1. The molecule has 21 heavy (non-hydrogen) atoms. The molecule has 1 amide bonds. The van der Waals surface area contributed by atoms with E-state index in [1.54, 1.807) is 0 Å². The van der Waals surface area contributed by atoms with E-state index in [1.807, 2.05) is 11.8 Å². The zero-order valence-corrected chi connectivity index (χ0v) is 13.0. The van der Waals surface area contributed by atoms with Crippen molar-refractivity contribution in [2.75, 3.05) is 36.4 Å². The molecular weight excluding hydrogens is 266 g/mol. The highest BCUT2D eigenvalue weighted by atomic mass is 16.2. The van der Waals surface area contributed by atoms with Gasteiger partial charge < -0.3 is 15.1 Å². The third kappa shape index (κ3) is 2.54. The summed E-state index contributed by atoms with van der Waals surface area (Å²) < 4.78 is 0. The van der Waals surface area contributed by atoms with E-state index in [4.69, 9.17) is 0 Å². The number of aryl methyl sites for hydroxylation is 1. The molecule has 0 spiro atoms. The molecule has 1 atom stereocenters. The summed E-state index contributed by atoms with van der Waals surface area (Å²) in [5.41, 5.74) is 1.10. The van der Waals surface area contributed by atoms with Crippen LogP contribution in [0.3, 0.4) is 0 Å². The Morgan fingerprint density at radius 3 is 2.86 bits per heavy atom. The topological polar surface area (TPSA) is 61.4 Å². The van der Waals surface area contributed by atoms with Crippen LogP contribution in [0.15, 0.2) is 0 Å². The number of carbonyl (C=O) groups is 1. The zero-order valence-electron chi connectivity index (χ0n) is 13.0. The number of hydrogen-bond donors (Lipinski definition) is 1. The molecule has 0 saturated carbocycles. The summed E-state index contributed by atoms with van der Waals surface area (Å²) in [6.45, 7) is 9.46. The molecule has 2 aliphatic rings. The first kappa shape index (κ1) is 14.1. The lowest BCUT2D eigenvalue weighted by Gasteiger charge is -2.38. The Morgan fingerprint density at radius 1 is 1.29 bits per heavy atom. The highest BCUT2D eigenvalue weighted by Crippen LogP contribution is 2.29. The molecule has 2 aliphatic heterocycles. The number of anilines is 2. The molecule has 3 rings (SSSR count). The first-order valence-electron chi connectivity index (χ1n) is 7.73. The average molecular weight is 289 g/mol. The van der Waals surface area contributed by atoms with Gasteiger partial charge in [-0.05, 0) is 27.2 Å². The molecule has 3 heterocycles. The Kier molecular flexibility index (Phi) is 3.69. The second kappa shape index (κ2) is 5.50. The Balaban J connectivity index is 1.85. The zero-order chi connectivity index (χ0) is 15.0. The van der Waals surface area contributed by atoms with Crippen molar-refractivity contribution in [2.24, 2.45) is 0 Å². The van der Waals surface area contributed by atoms with E-state index in [2.05, 4.69) is 34.0 Å². The van der Waals surface area contributed by atoms with Crippen molar-refractivity contribution in [3.8, 4) is 0 Å². The number of nitrogens with zero attached hydrogens (tertiary/aromatic N) is 4. The van der Waals surface area contributed by atoms with E-state index in [1.165, 1.54) is 0 Å². The van der Waals surface area contributed by atoms with Gasteiger partial charge in [0, 0.05) is 44.2 Å². The minimum atomic E-state index is 0.309. The third-order valence-corrected chi connectivity index (χ3v) is 4.37. The summed E-state index contributed by atoms with van der Waals surface area (Å²) in [4.78, 5) is 25.3. The number of fused-ring (bicyclic) bond motifs is 1. The van der Waals surface area contributed by atoms with Crippen LogP contribution in [0, 0.1) is 13.8 Å². The quantitative estimate of drug-likeness (QED) is 0.910. The smallest absolute Gasteiger partial charge is 0.223 e. The van der Waals surface area contributed by atoms with Gasteiger partial charge in [-0.15, -0.1) is 0 Å². The first-order valence-corrected chi connectivity index (χ1v) is 7.73. The maximum Gasteiger partial charge on any atom is 0.223 e. The Labute approximate surface area is 125 Å². The molecule has 1 N–H and O–H groups in total. The van der Waals surface area contributed by atoms with Gasteiger partial charge >= 0.3 is 0 Å². The predicted molar refractivity (Wildman–Crippen MR) is 82.6 cm³/mol. The molecule has 0 radical (unpaired) electrons. The molecule has 0 bridgehead atoms. The van der Waals surface area contributed by atoms with Crippen LogP contribution in [0.5, 0.6) is 0 Å². The predicted octanol–water partition coefficient (Wildman–Crippen LogP) is 1.34. The van der Waals surface area contributed by atoms with Crippen LogP contribution in [-0.2, 0) is 4.79 Å². The van der Waals surface area contributed by atoms with Crippen molar-refractivity contribution < 1.29 is 4.79 Å². The summed E-state index contributed by atoms with van der Waals surface area (Å²) in [5, 5.41) is 3.31. The number of aromatic nitrogens is 2. The molecule has 1 aromatic rings. The van der Waals surface area contributed by atoms with Crippen molar-refractivity contribution in [1.29, 1.82) is 0 Å². The molecule has 6 heteroatoms. The number of rotatable bonds is 3. The van der Waals surface area contributed by atoms with Crippen molar-refractivity contribution in [3.05, 3.63) is 11.4 Å². The van der Waals surface area contributed by atoms with Crippen molar-refractivity contribution in [1.82, 2.24) is 14.9 Å². The summed E-state index contributed by atoms with van der Waals surface area (Å²) in [6.07, 6.45) is 1.67. The fourth-order valence-corrected chi connectivity index (χ4v) is 3.32. The second-order valence-electron chi connectivity index (χ2n) is 5.82. The lowest BCUT2D eigenvalue weighted by Crippen LogP contribution is -2.52. The van der Waals surface area contributed by atoms with Gasteiger partial charge in [-0.25, -0.2) is 9.97 Å². The number of carbonyl (C=O) groups excluding carboxylic acids is 1. The fourth-order valence-electron chi connectivity index (χ4n) is 3.32. The van der Waals surface area contributed by atoms with Crippen LogP contribution in [0.4, 0.5) is 11.6 Å². The van der Waals surface area contributed by atoms with Crippen LogP contribution in [0.2, 0.25) is 0 Å². The van der Waals surface area contributed by atoms with Gasteiger partial charge in [0.15, 0.2) is 0 Å². The van der Waals surface area contributed by atoms with Gasteiger partial charge in [-0.3, -0.25) is 4.79 Å². The minimum Gasteiger partial charge on any atom is -0.370 e. The van der Waals surface area contributed by atoms with Gasteiger partial charge in [0.1, 0.15) is 17.5 Å². The number of hydrogen-bond acceptors (Lipinski definition) is 5. The lowest BCUT2D eigenvalue weighted by atomic mass is 10.1. The highest BCUT2D eigenvalue weighted by Gasteiger charge is 2.36. The molecule has 2 fully saturated rings. The lowest BCUT2D eigenvalue weighted by molar-refractivity contribution is -0.129. The number of amides is 1. The van der Waals surface area contributed by atoms with Crippen LogP contribution < -0.4 is 10.2 Å². The van der Waals surface area contributed by atoms with E-state index < -0.39 is 0 Å². The summed E-state index contributed by atoms with van der Waals surface area (Å²) in [5.74, 6) is 3.03. The molecule has 114 valence electrons. The Morgan fingerprint density at radius 2 is 2.10 bits per heavy atom. The molecule has 0 aliphatic carbocycles. The molecule has 1 aromatic heterocycles. The van der Waals surface area contributed by atoms with Crippen LogP contribution in [-0.4, -0.2) is 53.0 Å². The van der Waals surface area contributed by atoms with Gasteiger partial charge in [-0.1, -0.05) is 0 Å². The van der Waals surface area contributed by atoms with Crippen molar-refractivity contribution in [3.63, 3.8) is 0 Å².